The summed E-state index contributed by atoms with van der Waals surface area (Å²) in [6.07, 6.45) is 3.90. The second-order valence-electron chi connectivity index (χ2n) is 6.65. The number of hydrogen-bond acceptors (Lipinski definition) is 3. The van der Waals surface area contributed by atoms with Gasteiger partial charge in [-0.25, -0.2) is 0 Å². The number of furan rings is 1. The summed E-state index contributed by atoms with van der Waals surface area (Å²) >= 11 is 0. The summed E-state index contributed by atoms with van der Waals surface area (Å²) in [6.45, 7) is 5.78. The minimum absolute atomic E-state index is 0.0935. The number of amides is 2. The number of para-hydroxylation sites is 2. The highest BCUT2D eigenvalue weighted by molar-refractivity contribution is 6.00. The first-order valence-electron chi connectivity index (χ1n) is 9.32. The van der Waals surface area contributed by atoms with Crippen LogP contribution in [0.2, 0.25) is 0 Å². The Morgan fingerprint density at radius 3 is 2.46 bits per heavy atom. The van der Waals surface area contributed by atoms with Crippen molar-refractivity contribution in [2.75, 3.05) is 11.9 Å². The highest BCUT2D eigenvalue weighted by atomic mass is 16.3. The van der Waals surface area contributed by atoms with E-state index in [9.17, 15) is 9.59 Å². The largest absolute Gasteiger partial charge is 0.460 e. The Morgan fingerprint density at radius 1 is 1.04 bits per heavy atom. The van der Waals surface area contributed by atoms with Gasteiger partial charge in [0, 0.05) is 29.1 Å². The maximum Gasteiger partial charge on any atom is 0.244 e. The summed E-state index contributed by atoms with van der Waals surface area (Å²) in [5.74, 6) is 0.240. The maximum absolute atomic E-state index is 12.2. The Kier molecular flexibility index (Phi) is 5.94. The number of aryl methyl sites for hydroxylation is 3. The molecule has 2 aromatic carbocycles. The lowest BCUT2D eigenvalue weighted by Crippen LogP contribution is -2.32. The predicted octanol–water partition coefficient (Wildman–Crippen LogP) is 4.38. The Balaban J connectivity index is 1.62. The van der Waals surface area contributed by atoms with Crippen molar-refractivity contribution < 1.29 is 14.0 Å². The Morgan fingerprint density at radius 2 is 1.75 bits per heavy atom. The molecule has 5 heteroatoms. The average molecular weight is 376 g/mol. The van der Waals surface area contributed by atoms with Crippen LogP contribution in [0.15, 0.2) is 53.0 Å². The molecule has 1 aromatic heterocycles. The van der Waals surface area contributed by atoms with Crippen LogP contribution in [0.25, 0.3) is 17.0 Å². The van der Waals surface area contributed by atoms with Crippen molar-refractivity contribution in [3.63, 3.8) is 0 Å². The lowest BCUT2D eigenvalue weighted by atomic mass is 10.1. The van der Waals surface area contributed by atoms with Crippen molar-refractivity contribution in [1.82, 2.24) is 5.32 Å². The van der Waals surface area contributed by atoms with E-state index in [4.69, 9.17) is 4.42 Å². The van der Waals surface area contributed by atoms with Gasteiger partial charge in [-0.1, -0.05) is 43.3 Å². The van der Waals surface area contributed by atoms with Gasteiger partial charge in [-0.05, 0) is 37.1 Å². The van der Waals surface area contributed by atoms with Crippen LogP contribution in [-0.4, -0.2) is 18.4 Å². The fourth-order valence-corrected chi connectivity index (χ4v) is 3.14. The summed E-state index contributed by atoms with van der Waals surface area (Å²) < 4.78 is 5.82. The molecule has 2 N–H and O–H groups in total. The number of carbonyl (C=O) groups is 2. The third-order valence-corrected chi connectivity index (χ3v) is 4.60. The van der Waals surface area contributed by atoms with Gasteiger partial charge in [-0.3, -0.25) is 9.59 Å². The van der Waals surface area contributed by atoms with Gasteiger partial charge in [0.1, 0.15) is 11.3 Å². The minimum Gasteiger partial charge on any atom is -0.460 e. The fraction of sp³-hybridized carbons (Fsp3) is 0.217. The molecule has 0 bridgehead atoms. The molecule has 0 fully saturated rings. The molecule has 0 unspecified atom stereocenters. The van der Waals surface area contributed by atoms with Crippen LogP contribution in [0.1, 0.15) is 29.4 Å². The molecule has 3 rings (SSSR count). The lowest BCUT2D eigenvalue weighted by Gasteiger charge is -2.11. The van der Waals surface area contributed by atoms with Gasteiger partial charge in [0.25, 0.3) is 0 Å². The normalized spacial score (nSPS) is 11.1. The number of fused-ring (bicyclic) bond motifs is 1. The summed E-state index contributed by atoms with van der Waals surface area (Å²) in [5, 5.41) is 6.44. The van der Waals surface area contributed by atoms with Crippen LogP contribution in [0.5, 0.6) is 0 Å². The first kappa shape index (κ1) is 19.4. The third kappa shape index (κ3) is 4.31. The molecular weight excluding hydrogens is 352 g/mol. The van der Waals surface area contributed by atoms with E-state index in [1.165, 1.54) is 6.08 Å². The molecule has 1 heterocycles. The highest BCUT2D eigenvalue weighted by Gasteiger charge is 2.11. The van der Waals surface area contributed by atoms with E-state index in [2.05, 4.69) is 10.6 Å². The van der Waals surface area contributed by atoms with E-state index in [1.807, 2.05) is 63.2 Å². The van der Waals surface area contributed by atoms with Gasteiger partial charge in [0.2, 0.25) is 11.8 Å². The topological polar surface area (TPSA) is 71.3 Å². The second kappa shape index (κ2) is 8.57. The maximum atomic E-state index is 12.2. The molecule has 5 nitrogen and oxygen atoms in total. The summed E-state index contributed by atoms with van der Waals surface area (Å²) in [5.41, 5.74) is 4.45. The molecule has 3 aromatic rings. The van der Waals surface area contributed by atoms with Gasteiger partial charge >= 0.3 is 0 Å². The monoisotopic (exact) mass is 376 g/mol. The molecule has 144 valence electrons. The molecule has 2 amide bonds. The van der Waals surface area contributed by atoms with Crippen LogP contribution in [0, 0.1) is 13.8 Å². The van der Waals surface area contributed by atoms with Gasteiger partial charge in [0.15, 0.2) is 0 Å². The number of carbonyl (C=O) groups excluding carboxylic acids is 2. The third-order valence-electron chi connectivity index (χ3n) is 4.60. The zero-order valence-corrected chi connectivity index (χ0v) is 16.3. The molecule has 0 aliphatic heterocycles. The lowest BCUT2D eigenvalue weighted by molar-refractivity contribution is -0.121. The van der Waals surface area contributed by atoms with Crippen LogP contribution in [-0.2, 0) is 16.0 Å². The van der Waals surface area contributed by atoms with E-state index in [0.717, 1.165) is 45.5 Å². The van der Waals surface area contributed by atoms with E-state index >= 15 is 0 Å². The van der Waals surface area contributed by atoms with Crippen molar-refractivity contribution >= 4 is 34.5 Å². The number of anilines is 1. The van der Waals surface area contributed by atoms with Crippen molar-refractivity contribution in [1.29, 1.82) is 0 Å². The first-order chi connectivity index (χ1) is 13.5. The van der Waals surface area contributed by atoms with Crippen LogP contribution in [0.4, 0.5) is 5.69 Å². The highest BCUT2D eigenvalue weighted by Crippen LogP contribution is 2.27. The minimum atomic E-state index is -0.330. The Labute approximate surface area is 164 Å². The predicted molar refractivity (Wildman–Crippen MR) is 112 cm³/mol. The van der Waals surface area contributed by atoms with Crippen molar-refractivity contribution in [3.05, 3.63) is 71.0 Å². The summed E-state index contributed by atoms with van der Waals surface area (Å²) in [7, 11) is 0. The Bertz CT molecular complexity index is 1030. The summed E-state index contributed by atoms with van der Waals surface area (Å²) in [4.78, 5) is 24.3. The second-order valence-corrected chi connectivity index (χ2v) is 6.65. The Hall–Kier alpha value is -3.34. The first-order valence-corrected chi connectivity index (χ1v) is 9.32. The van der Waals surface area contributed by atoms with E-state index in [1.54, 1.807) is 6.08 Å². The molecule has 0 aliphatic rings. The van der Waals surface area contributed by atoms with Crippen molar-refractivity contribution in [3.8, 4) is 0 Å². The molecule has 0 saturated heterocycles. The van der Waals surface area contributed by atoms with Crippen molar-refractivity contribution in [2.24, 2.45) is 0 Å². The van der Waals surface area contributed by atoms with E-state index in [-0.39, 0.29) is 18.4 Å². The van der Waals surface area contributed by atoms with Crippen LogP contribution < -0.4 is 10.6 Å². The fourth-order valence-electron chi connectivity index (χ4n) is 3.14. The molecule has 28 heavy (non-hydrogen) atoms. The van der Waals surface area contributed by atoms with Gasteiger partial charge in [-0.15, -0.1) is 0 Å². The standard InChI is InChI=1S/C23H24N2O3/c1-4-19-18(17-10-5-6-11-20(17)28-19)12-13-21(26)24-14-22(27)25-23-15(2)8-7-9-16(23)3/h5-13H,4,14H2,1-3H3,(H,24,26)(H,25,27)/b13-12+. The summed E-state index contributed by atoms with van der Waals surface area (Å²) in [6, 6.07) is 13.5. The van der Waals surface area contributed by atoms with Crippen molar-refractivity contribution in [2.45, 2.75) is 27.2 Å². The molecule has 0 saturated carbocycles. The number of nitrogens with one attached hydrogen (secondary N) is 2. The van der Waals surface area contributed by atoms with Crippen LogP contribution >= 0.6 is 0 Å². The van der Waals surface area contributed by atoms with Gasteiger partial charge in [-0.2, -0.15) is 0 Å². The quantitative estimate of drug-likeness (QED) is 0.627. The molecule has 0 spiro atoms. The zero-order chi connectivity index (χ0) is 20.1. The zero-order valence-electron chi connectivity index (χ0n) is 16.3. The SMILES string of the molecule is CCc1oc2ccccc2c1/C=C/C(=O)NCC(=O)Nc1c(C)cccc1C. The van der Waals surface area contributed by atoms with E-state index in [0.29, 0.717) is 0 Å². The van der Waals surface area contributed by atoms with E-state index < -0.39 is 0 Å². The van der Waals surface area contributed by atoms with Gasteiger partial charge in [0.05, 0.1) is 6.54 Å². The number of hydrogen-bond donors (Lipinski definition) is 2. The smallest absolute Gasteiger partial charge is 0.244 e. The van der Waals surface area contributed by atoms with Crippen LogP contribution in [0.3, 0.4) is 0 Å². The van der Waals surface area contributed by atoms with Gasteiger partial charge < -0.3 is 15.1 Å². The molecule has 0 radical (unpaired) electrons. The average Bonchev–Trinajstić information content (AvgIpc) is 3.05. The number of rotatable bonds is 6. The molecule has 0 atom stereocenters. The molecule has 0 aliphatic carbocycles. The number of benzene rings is 2. The molecular formula is C23H24N2O3.